The number of rotatable bonds is 5. The molecule has 1 fully saturated rings. The van der Waals surface area contributed by atoms with Gasteiger partial charge in [0.25, 0.3) is 0 Å². The molecule has 2 nitrogen and oxygen atoms in total. The van der Waals surface area contributed by atoms with Crippen molar-refractivity contribution in [2.45, 2.75) is 48.9 Å². The summed E-state index contributed by atoms with van der Waals surface area (Å²) in [5, 5.41) is 0.291. The van der Waals surface area contributed by atoms with Crippen molar-refractivity contribution >= 4 is 17.5 Å². The van der Waals surface area contributed by atoms with Crippen LogP contribution in [0.3, 0.4) is 0 Å². The van der Waals surface area contributed by atoms with Gasteiger partial charge in [0.2, 0.25) is 0 Å². The summed E-state index contributed by atoms with van der Waals surface area (Å²) in [5.41, 5.74) is 0. The van der Waals surface area contributed by atoms with Crippen LogP contribution in [0.25, 0.3) is 0 Å². The number of carbonyl (C=O) groups is 1. The Balaban J connectivity index is 2.02. The molecule has 3 atom stereocenters. The first-order chi connectivity index (χ1) is 9.22. The highest BCUT2D eigenvalue weighted by molar-refractivity contribution is 8.00. The van der Waals surface area contributed by atoms with Crippen LogP contribution in [0.2, 0.25) is 0 Å². The van der Waals surface area contributed by atoms with Crippen molar-refractivity contribution in [3.05, 3.63) is 30.3 Å². The van der Waals surface area contributed by atoms with Crippen molar-refractivity contribution < 1.29 is 9.53 Å². The maximum Gasteiger partial charge on any atom is 0.138 e. The van der Waals surface area contributed by atoms with Crippen LogP contribution in [0.4, 0.5) is 0 Å². The highest BCUT2D eigenvalue weighted by Crippen LogP contribution is 2.33. The van der Waals surface area contributed by atoms with Crippen molar-refractivity contribution in [1.82, 2.24) is 0 Å². The van der Waals surface area contributed by atoms with Crippen LogP contribution in [0.5, 0.6) is 0 Å². The van der Waals surface area contributed by atoms with Crippen LogP contribution in [-0.2, 0) is 9.53 Å². The molecule has 0 heterocycles. The molecular weight excluding hydrogens is 256 g/mol. The van der Waals surface area contributed by atoms with Gasteiger partial charge in [0.1, 0.15) is 5.78 Å². The normalized spacial score (nSPS) is 23.1. The number of ketones is 1. The summed E-state index contributed by atoms with van der Waals surface area (Å²) in [7, 11) is 1.73. The fraction of sp³-hybridized carbons (Fsp3) is 0.562. The number of carbonyl (C=O) groups excluding carboxylic acids is 1. The van der Waals surface area contributed by atoms with Crippen LogP contribution in [0.15, 0.2) is 35.2 Å². The molecule has 0 bridgehead atoms. The van der Waals surface area contributed by atoms with Gasteiger partial charge < -0.3 is 4.74 Å². The fourth-order valence-corrected chi connectivity index (χ4v) is 4.00. The van der Waals surface area contributed by atoms with E-state index in [1.165, 1.54) is 4.90 Å². The number of Topliss-reactive ketones (excluding diaryl/α,β-unsaturated/α-hetero) is 1. The van der Waals surface area contributed by atoms with Crippen LogP contribution in [0.1, 0.15) is 32.6 Å². The molecule has 1 aromatic carbocycles. The molecule has 0 aliphatic heterocycles. The minimum Gasteiger partial charge on any atom is -0.380 e. The lowest BCUT2D eigenvalue weighted by Crippen LogP contribution is -2.38. The topological polar surface area (TPSA) is 26.3 Å². The molecule has 0 unspecified atom stereocenters. The van der Waals surface area contributed by atoms with Gasteiger partial charge in [-0.1, -0.05) is 31.5 Å². The summed E-state index contributed by atoms with van der Waals surface area (Å²) in [4.78, 5) is 13.3. The van der Waals surface area contributed by atoms with Crippen LogP contribution < -0.4 is 0 Å². The Morgan fingerprint density at radius 2 is 2.00 bits per heavy atom. The molecule has 1 aliphatic rings. The molecule has 1 aromatic rings. The Labute approximate surface area is 119 Å². The number of benzene rings is 1. The van der Waals surface area contributed by atoms with Gasteiger partial charge in [-0.2, -0.15) is 0 Å². The number of hydrogen-bond acceptors (Lipinski definition) is 3. The second-order valence-electron chi connectivity index (χ2n) is 5.15. The number of thioether (sulfide) groups is 1. The molecule has 1 saturated carbocycles. The summed E-state index contributed by atoms with van der Waals surface area (Å²) in [6, 6.07) is 10.3. The second kappa shape index (κ2) is 7.11. The van der Waals surface area contributed by atoms with Crippen LogP contribution in [-0.4, -0.2) is 24.2 Å². The molecule has 19 heavy (non-hydrogen) atoms. The van der Waals surface area contributed by atoms with Crippen molar-refractivity contribution in [2.75, 3.05) is 7.11 Å². The maximum atomic E-state index is 12.1. The van der Waals surface area contributed by atoms with E-state index in [1.54, 1.807) is 18.9 Å². The fourth-order valence-electron chi connectivity index (χ4n) is 2.82. The van der Waals surface area contributed by atoms with E-state index in [2.05, 4.69) is 19.1 Å². The highest BCUT2D eigenvalue weighted by atomic mass is 32.2. The smallest absolute Gasteiger partial charge is 0.138 e. The zero-order valence-electron chi connectivity index (χ0n) is 11.7. The van der Waals surface area contributed by atoms with Crippen molar-refractivity contribution in [1.29, 1.82) is 0 Å². The Kier molecular flexibility index (Phi) is 5.46. The van der Waals surface area contributed by atoms with E-state index >= 15 is 0 Å². The predicted molar refractivity (Wildman–Crippen MR) is 79.5 cm³/mol. The van der Waals surface area contributed by atoms with E-state index < -0.39 is 0 Å². The summed E-state index contributed by atoms with van der Waals surface area (Å²) < 4.78 is 5.65. The van der Waals surface area contributed by atoms with Crippen molar-refractivity contribution in [2.24, 2.45) is 5.92 Å². The number of methoxy groups -OCH3 is 1. The summed E-state index contributed by atoms with van der Waals surface area (Å²) in [6.45, 7) is 2.16. The Hall–Kier alpha value is -0.800. The molecule has 0 spiro atoms. The molecule has 3 heteroatoms. The standard InChI is InChI=1S/C16H22O2S/c1-12(19-13-8-4-3-5-9-13)16(18-2)14-10-6-7-11-15(14)17/h3-5,8-9,12,14,16H,6-7,10-11H2,1-2H3/t12-,14-,16+/m0/s1. The minimum absolute atomic E-state index is 0.0259. The SMILES string of the molecule is CO[C@H]([C@H](C)Sc1ccccc1)[C@H]1CCCCC1=O. The van der Waals surface area contributed by atoms with Gasteiger partial charge >= 0.3 is 0 Å². The lowest BCUT2D eigenvalue weighted by Gasteiger charge is -2.31. The highest BCUT2D eigenvalue weighted by Gasteiger charge is 2.34. The lowest BCUT2D eigenvalue weighted by molar-refractivity contribution is -0.129. The van der Waals surface area contributed by atoms with E-state index in [0.717, 1.165) is 25.7 Å². The van der Waals surface area contributed by atoms with Gasteiger partial charge in [0.05, 0.1) is 6.10 Å². The van der Waals surface area contributed by atoms with E-state index in [9.17, 15) is 4.79 Å². The molecule has 1 aliphatic carbocycles. The number of hydrogen-bond donors (Lipinski definition) is 0. The second-order valence-corrected chi connectivity index (χ2v) is 6.61. The van der Waals surface area contributed by atoms with Crippen LogP contribution in [0, 0.1) is 5.92 Å². The van der Waals surface area contributed by atoms with Gasteiger partial charge in [0, 0.05) is 29.6 Å². The molecular formula is C16H22O2S. The third kappa shape index (κ3) is 3.83. The summed E-state index contributed by atoms with van der Waals surface area (Å²) in [5.74, 6) is 0.476. The quantitative estimate of drug-likeness (QED) is 0.763. The zero-order valence-corrected chi connectivity index (χ0v) is 12.5. The summed E-state index contributed by atoms with van der Waals surface area (Å²) in [6.07, 6.45) is 3.94. The average molecular weight is 278 g/mol. The molecule has 2 rings (SSSR count). The molecule has 0 amide bonds. The Morgan fingerprint density at radius 3 is 2.63 bits per heavy atom. The molecule has 0 radical (unpaired) electrons. The van der Waals surface area contributed by atoms with Crippen molar-refractivity contribution in [3.63, 3.8) is 0 Å². The van der Waals surface area contributed by atoms with Gasteiger partial charge in [-0.15, -0.1) is 11.8 Å². The molecule has 0 saturated heterocycles. The van der Waals surface area contributed by atoms with Gasteiger partial charge in [-0.25, -0.2) is 0 Å². The first-order valence-corrected chi connectivity index (χ1v) is 7.87. The van der Waals surface area contributed by atoms with E-state index in [1.807, 2.05) is 18.2 Å². The van der Waals surface area contributed by atoms with Gasteiger partial charge in [0.15, 0.2) is 0 Å². The zero-order chi connectivity index (χ0) is 13.7. The Bertz CT molecular complexity index is 404. The maximum absolute atomic E-state index is 12.1. The van der Waals surface area contributed by atoms with Gasteiger partial charge in [-0.3, -0.25) is 4.79 Å². The third-order valence-corrected chi connectivity index (χ3v) is 4.98. The third-order valence-electron chi connectivity index (χ3n) is 3.80. The van der Waals surface area contributed by atoms with Crippen molar-refractivity contribution in [3.8, 4) is 0 Å². The lowest BCUT2D eigenvalue weighted by atomic mass is 9.83. The predicted octanol–water partition coefficient (Wildman–Crippen LogP) is 3.94. The monoisotopic (exact) mass is 278 g/mol. The summed E-state index contributed by atoms with van der Waals surface area (Å²) >= 11 is 1.79. The molecule has 0 aromatic heterocycles. The first-order valence-electron chi connectivity index (χ1n) is 6.99. The molecule has 0 N–H and O–H groups in total. The van der Waals surface area contributed by atoms with E-state index in [-0.39, 0.29) is 12.0 Å². The van der Waals surface area contributed by atoms with E-state index in [4.69, 9.17) is 4.74 Å². The van der Waals surface area contributed by atoms with Gasteiger partial charge in [-0.05, 0) is 25.0 Å². The largest absolute Gasteiger partial charge is 0.380 e. The Morgan fingerprint density at radius 1 is 1.26 bits per heavy atom. The van der Waals surface area contributed by atoms with Crippen LogP contribution >= 0.6 is 11.8 Å². The molecule has 104 valence electrons. The number of ether oxygens (including phenoxy) is 1. The van der Waals surface area contributed by atoms with E-state index in [0.29, 0.717) is 11.0 Å². The first kappa shape index (κ1) is 14.6. The minimum atomic E-state index is 0.0259. The average Bonchev–Trinajstić information content (AvgIpc) is 2.43.